The number of amides is 1. The van der Waals surface area contributed by atoms with Gasteiger partial charge in [-0.2, -0.15) is 0 Å². The maximum absolute atomic E-state index is 12.5. The Bertz CT molecular complexity index is 757. The van der Waals surface area contributed by atoms with Crippen molar-refractivity contribution >= 4 is 34.8 Å². The lowest BCUT2D eigenvalue weighted by Crippen LogP contribution is -2.22. The van der Waals surface area contributed by atoms with Crippen molar-refractivity contribution in [2.45, 2.75) is 25.8 Å². The van der Waals surface area contributed by atoms with E-state index in [-0.39, 0.29) is 5.91 Å². The molecular formula is C15H13ClN4O. The van der Waals surface area contributed by atoms with Crippen LogP contribution >= 0.6 is 11.6 Å². The molecule has 21 heavy (non-hydrogen) atoms. The average Bonchev–Trinajstić information content (AvgIpc) is 3.27. The van der Waals surface area contributed by atoms with Crippen LogP contribution in [0.25, 0.3) is 0 Å². The van der Waals surface area contributed by atoms with Crippen molar-refractivity contribution in [1.82, 2.24) is 9.97 Å². The Balaban J connectivity index is 2.01. The van der Waals surface area contributed by atoms with Crippen LogP contribution in [0, 0.1) is 6.92 Å². The van der Waals surface area contributed by atoms with E-state index in [1.807, 2.05) is 11.8 Å². The molecule has 4 rings (SSSR count). The highest BCUT2D eigenvalue weighted by molar-refractivity contribution is 6.30. The van der Waals surface area contributed by atoms with Crippen LogP contribution in [0.2, 0.25) is 5.15 Å². The number of rotatable bonds is 1. The third kappa shape index (κ3) is 1.96. The maximum atomic E-state index is 12.5. The van der Waals surface area contributed by atoms with E-state index < -0.39 is 0 Å². The van der Waals surface area contributed by atoms with Crippen molar-refractivity contribution in [2.75, 3.05) is 10.2 Å². The molecule has 0 bridgehead atoms. The van der Waals surface area contributed by atoms with Crippen LogP contribution in [0.1, 0.15) is 28.8 Å². The molecule has 1 saturated carbocycles. The summed E-state index contributed by atoms with van der Waals surface area (Å²) in [6, 6.07) is 5.65. The van der Waals surface area contributed by atoms with Gasteiger partial charge in [-0.3, -0.25) is 4.79 Å². The van der Waals surface area contributed by atoms with Gasteiger partial charge < -0.3 is 10.2 Å². The van der Waals surface area contributed by atoms with Gasteiger partial charge in [0.15, 0.2) is 5.82 Å². The molecule has 2 aromatic heterocycles. The Labute approximate surface area is 127 Å². The minimum Gasteiger partial charge on any atom is -0.318 e. The van der Waals surface area contributed by atoms with Gasteiger partial charge in [0.25, 0.3) is 5.91 Å². The number of nitrogens with one attached hydrogen (secondary N) is 1. The Kier molecular flexibility index (Phi) is 2.65. The zero-order chi connectivity index (χ0) is 14.6. The summed E-state index contributed by atoms with van der Waals surface area (Å²) in [5.41, 5.74) is 2.18. The Morgan fingerprint density at radius 1 is 1.38 bits per heavy atom. The Morgan fingerprint density at radius 2 is 2.19 bits per heavy atom. The molecule has 106 valence electrons. The molecular weight excluding hydrogens is 288 g/mol. The molecule has 0 atom stereocenters. The molecule has 0 aromatic carbocycles. The number of aromatic nitrogens is 2. The van der Waals surface area contributed by atoms with Gasteiger partial charge in [0.05, 0.1) is 11.3 Å². The lowest BCUT2D eigenvalue weighted by molar-refractivity contribution is 0.102. The average molecular weight is 301 g/mol. The molecule has 1 amide bonds. The van der Waals surface area contributed by atoms with E-state index in [4.69, 9.17) is 11.6 Å². The van der Waals surface area contributed by atoms with Crippen LogP contribution in [-0.4, -0.2) is 21.9 Å². The number of hydrogen-bond acceptors (Lipinski definition) is 4. The molecule has 1 aliphatic carbocycles. The summed E-state index contributed by atoms with van der Waals surface area (Å²) < 4.78 is 0. The number of carbonyl (C=O) groups excluding carboxylic acids is 1. The van der Waals surface area contributed by atoms with Gasteiger partial charge in [-0.1, -0.05) is 11.6 Å². The molecule has 6 heteroatoms. The highest BCUT2D eigenvalue weighted by atomic mass is 35.5. The second-order valence-electron chi connectivity index (χ2n) is 5.39. The SMILES string of the molecule is Cc1cc(Cl)nc2c1NC(=O)c1cccnc1N2C1CC1. The first-order valence-corrected chi connectivity index (χ1v) is 7.25. The van der Waals surface area contributed by atoms with Gasteiger partial charge in [0, 0.05) is 12.2 Å². The lowest BCUT2D eigenvalue weighted by Gasteiger charge is -2.24. The zero-order valence-electron chi connectivity index (χ0n) is 11.4. The largest absolute Gasteiger partial charge is 0.318 e. The standard InChI is InChI=1S/C15H13ClN4O/c1-8-7-11(16)18-14-12(8)19-15(21)10-3-2-6-17-13(10)20(14)9-4-5-9/h2-3,6-7,9H,4-5H2,1H3,(H,19,21). The van der Waals surface area contributed by atoms with Crippen LogP contribution < -0.4 is 10.2 Å². The van der Waals surface area contributed by atoms with Crippen molar-refractivity contribution in [3.05, 3.63) is 40.7 Å². The predicted molar refractivity (Wildman–Crippen MR) is 81.3 cm³/mol. The summed E-state index contributed by atoms with van der Waals surface area (Å²) in [7, 11) is 0. The highest BCUT2D eigenvalue weighted by Crippen LogP contribution is 2.44. The zero-order valence-corrected chi connectivity index (χ0v) is 12.2. The first kappa shape index (κ1) is 12.6. The van der Waals surface area contributed by atoms with E-state index >= 15 is 0 Å². The van der Waals surface area contributed by atoms with E-state index in [1.54, 1.807) is 24.4 Å². The summed E-state index contributed by atoms with van der Waals surface area (Å²) >= 11 is 6.12. The van der Waals surface area contributed by atoms with Gasteiger partial charge in [-0.15, -0.1) is 0 Å². The fraction of sp³-hybridized carbons (Fsp3) is 0.267. The van der Waals surface area contributed by atoms with Gasteiger partial charge in [0.2, 0.25) is 0 Å². The van der Waals surface area contributed by atoms with Crippen LogP contribution in [0.5, 0.6) is 0 Å². The quantitative estimate of drug-likeness (QED) is 0.821. The number of halogens is 1. The molecule has 2 aromatic rings. The second-order valence-corrected chi connectivity index (χ2v) is 5.78. The van der Waals surface area contributed by atoms with Crippen molar-refractivity contribution < 1.29 is 4.79 Å². The lowest BCUT2D eigenvalue weighted by atomic mass is 10.2. The van der Waals surface area contributed by atoms with Gasteiger partial charge in [-0.25, -0.2) is 9.97 Å². The van der Waals surface area contributed by atoms with Crippen molar-refractivity contribution in [2.24, 2.45) is 0 Å². The minimum absolute atomic E-state index is 0.158. The second kappa shape index (κ2) is 4.43. The number of anilines is 3. The number of hydrogen-bond donors (Lipinski definition) is 1. The van der Waals surface area contributed by atoms with Crippen LogP contribution in [0.15, 0.2) is 24.4 Å². The van der Waals surface area contributed by atoms with Crippen molar-refractivity contribution in [3.63, 3.8) is 0 Å². The first-order valence-electron chi connectivity index (χ1n) is 6.88. The van der Waals surface area contributed by atoms with Crippen LogP contribution in [0.4, 0.5) is 17.3 Å². The number of carbonyl (C=O) groups is 1. The summed E-state index contributed by atoms with van der Waals surface area (Å²) in [6.45, 7) is 1.92. The number of nitrogens with zero attached hydrogens (tertiary/aromatic N) is 3. The molecule has 3 heterocycles. The summed E-state index contributed by atoms with van der Waals surface area (Å²) in [6.07, 6.45) is 3.83. The van der Waals surface area contributed by atoms with E-state index in [0.717, 1.165) is 18.4 Å². The van der Waals surface area contributed by atoms with E-state index in [1.165, 1.54) is 0 Å². The Morgan fingerprint density at radius 3 is 2.95 bits per heavy atom. The van der Waals surface area contributed by atoms with E-state index in [9.17, 15) is 4.79 Å². The third-order valence-corrected chi connectivity index (χ3v) is 4.00. The summed E-state index contributed by atoms with van der Waals surface area (Å²) in [4.78, 5) is 23.4. The number of pyridine rings is 2. The normalized spacial score (nSPS) is 16.9. The summed E-state index contributed by atoms with van der Waals surface area (Å²) in [5.74, 6) is 1.19. The van der Waals surface area contributed by atoms with Gasteiger partial charge in [0.1, 0.15) is 11.0 Å². The highest BCUT2D eigenvalue weighted by Gasteiger charge is 2.38. The molecule has 0 saturated heterocycles. The first-order chi connectivity index (χ1) is 10.1. The third-order valence-electron chi connectivity index (χ3n) is 3.80. The fourth-order valence-electron chi connectivity index (χ4n) is 2.67. The Hall–Kier alpha value is -2.14. The molecule has 1 aliphatic heterocycles. The van der Waals surface area contributed by atoms with Gasteiger partial charge in [-0.05, 0) is 43.5 Å². The van der Waals surface area contributed by atoms with Crippen LogP contribution in [0.3, 0.4) is 0 Å². The van der Waals surface area contributed by atoms with Gasteiger partial charge >= 0.3 is 0 Å². The molecule has 5 nitrogen and oxygen atoms in total. The molecule has 0 spiro atoms. The maximum Gasteiger partial charge on any atom is 0.259 e. The molecule has 1 N–H and O–H groups in total. The van der Waals surface area contributed by atoms with E-state index in [2.05, 4.69) is 15.3 Å². The molecule has 0 radical (unpaired) electrons. The molecule has 2 aliphatic rings. The summed E-state index contributed by atoms with van der Waals surface area (Å²) in [5, 5.41) is 3.37. The monoisotopic (exact) mass is 300 g/mol. The predicted octanol–water partition coefficient (Wildman–Crippen LogP) is 3.30. The number of aryl methyl sites for hydroxylation is 1. The fourth-order valence-corrected chi connectivity index (χ4v) is 2.92. The van der Waals surface area contributed by atoms with Crippen molar-refractivity contribution in [1.29, 1.82) is 0 Å². The van der Waals surface area contributed by atoms with E-state index in [0.29, 0.717) is 34.1 Å². The van der Waals surface area contributed by atoms with Crippen LogP contribution in [-0.2, 0) is 0 Å². The molecule has 0 unspecified atom stereocenters. The topological polar surface area (TPSA) is 58.1 Å². The van der Waals surface area contributed by atoms with Crippen molar-refractivity contribution in [3.8, 4) is 0 Å². The minimum atomic E-state index is -0.158. The smallest absolute Gasteiger partial charge is 0.259 e. The molecule has 1 fully saturated rings. The number of fused-ring (bicyclic) bond motifs is 2.